The average molecular weight is 683 g/mol. The van der Waals surface area contributed by atoms with Crippen LogP contribution in [0.15, 0.2) is 24.3 Å². The Labute approximate surface area is 287 Å². The number of piperidine rings is 1. The van der Waals surface area contributed by atoms with Gasteiger partial charge in [-0.15, -0.1) is 0 Å². The summed E-state index contributed by atoms with van der Waals surface area (Å²) >= 11 is 0. The molecule has 6 unspecified atom stereocenters. The maximum absolute atomic E-state index is 14.1. The number of likely N-dealkylation sites (tertiary alicyclic amines) is 1. The Balaban J connectivity index is 1.23. The Bertz CT molecular complexity index is 1560. The van der Waals surface area contributed by atoms with Crippen LogP contribution in [0.3, 0.4) is 0 Å². The number of aliphatic hydroxyl groups is 2. The van der Waals surface area contributed by atoms with Gasteiger partial charge in [0.05, 0.1) is 48.3 Å². The molecule has 268 valence electrons. The largest absolute Gasteiger partial charge is 0.461 e. The summed E-state index contributed by atoms with van der Waals surface area (Å²) in [5.74, 6) is -2.47. The van der Waals surface area contributed by atoms with Crippen molar-refractivity contribution >= 4 is 23.5 Å². The Hall–Kier alpha value is -2.45. The molecule has 2 aliphatic heterocycles. The predicted octanol–water partition coefficient (Wildman–Crippen LogP) is 2.04. The standard InChI is InChI=1S/C37H50N2O10/c1-7-38-17-34(18-49-32(42)20-10-8-9-11-23(20)39-26(40)14-19(2)31(39)41)13-12-25(46-4)36-22-15-21-24(45-3)16-35(43,27(22)28(21)47-5)37(44,33(36)38)30(48-6)29(34)36/h8-11,19,21-22,24-25,27-30,33,43-44H,7,12-18H2,1-6H3/t19?,21-,22?,24+,25+,27?,28+,29?,30+,33?,34+,35-,36+,37?/m1/s1. The van der Waals surface area contributed by atoms with E-state index in [0.29, 0.717) is 25.9 Å². The van der Waals surface area contributed by atoms with E-state index in [4.69, 9.17) is 23.7 Å². The number of benzene rings is 1. The highest BCUT2D eigenvalue weighted by molar-refractivity contribution is 6.22. The van der Waals surface area contributed by atoms with E-state index < -0.39 is 46.1 Å². The second-order valence-corrected chi connectivity index (χ2v) is 16.0. The summed E-state index contributed by atoms with van der Waals surface area (Å²) in [6, 6.07) is 6.12. The summed E-state index contributed by atoms with van der Waals surface area (Å²) in [7, 11) is 6.70. The van der Waals surface area contributed by atoms with Crippen molar-refractivity contribution < 1.29 is 48.3 Å². The van der Waals surface area contributed by atoms with Gasteiger partial charge in [-0.3, -0.25) is 14.5 Å². The van der Waals surface area contributed by atoms with Crippen LogP contribution < -0.4 is 4.90 Å². The summed E-state index contributed by atoms with van der Waals surface area (Å²) in [4.78, 5) is 43.3. The number of anilines is 1. The predicted molar refractivity (Wildman–Crippen MR) is 174 cm³/mol. The number of amides is 2. The first-order valence-electron chi connectivity index (χ1n) is 17.9. The molecule has 5 saturated carbocycles. The number of ether oxygens (including phenoxy) is 5. The van der Waals surface area contributed by atoms with Crippen molar-refractivity contribution in [1.29, 1.82) is 0 Å². The van der Waals surface area contributed by atoms with Gasteiger partial charge in [0.25, 0.3) is 0 Å². The van der Waals surface area contributed by atoms with Gasteiger partial charge in [0.2, 0.25) is 11.8 Å². The van der Waals surface area contributed by atoms with Crippen LogP contribution in [-0.2, 0) is 33.3 Å². The second-order valence-electron chi connectivity index (χ2n) is 16.0. The lowest BCUT2D eigenvalue weighted by Gasteiger charge is -2.70. The van der Waals surface area contributed by atoms with Gasteiger partial charge >= 0.3 is 5.97 Å². The third-order valence-electron chi connectivity index (χ3n) is 14.5. The normalized spacial score (nSPS) is 48.0. The van der Waals surface area contributed by atoms with E-state index in [1.54, 1.807) is 59.6 Å². The van der Waals surface area contributed by atoms with Crippen LogP contribution in [-0.4, -0.2) is 123 Å². The summed E-state index contributed by atoms with van der Waals surface area (Å²) in [5.41, 5.74) is -4.17. The third-order valence-corrected chi connectivity index (χ3v) is 14.5. The molecule has 2 saturated heterocycles. The van der Waals surface area contributed by atoms with Crippen molar-refractivity contribution in [2.75, 3.05) is 53.0 Å². The topological polar surface area (TPSA) is 144 Å². The molecule has 0 aromatic heterocycles. The zero-order valence-corrected chi connectivity index (χ0v) is 29.3. The summed E-state index contributed by atoms with van der Waals surface area (Å²) < 4.78 is 31.4. The minimum absolute atomic E-state index is 0.0358. The first kappa shape index (κ1) is 33.7. The van der Waals surface area contributed by atoms with Crippen LogP contribution in [0.2, 0.25) is 0 Å². The Kier molecular flexibility index (Phi) is 7.75. The van der Waals surface area contributed by atoms with Crippen LogP contribution in [0.5, 0.6) is 0 Å². The first-order valence-corrected chi connectivity index (χ1v) is 17.9. The van der Waals surface area contributed by atoms with Crippen LogP contribution in [0.25, 0.3) is 0 Å². The van der Waals surface area contributed by atoms with E-state index >= 15 is 0 Å². The molecule has 5 aliphatic carbocycles. The van der Waals surface area contributed by atoms with Gasteiger partial charge in [-0.25, -0.2) is 9.69 Å². The molecule has 8 rings (SSSR count). The van der Waals surface area contributed by atoms with E-state index in [9.17, 15) is 24.6 Å². The summed E-state index contributed by atoms with van der Waals surface area (Å²) in [6.07, 6.45) is 0.813. The zero-order chi connectivity index (χ0) is 34.8. The van der Waals surface area contributed by atoms with Crippen molar-refractivity contribution in [3.8, 4) is 0 Å². The molecule has 7 bridgehead atoms. The maximum Gasteiger partial charge on any atom is 0.340 e. The van der Waals surface area contributed by atoms with E-state index in [2.05, 4.69) is 11.8 Å². The number of carbonyl (C=O) groups excluding carboxylic acids is 3. The zero-order valence-electron chi connectivity index (χ0n) is 29.3. The molecule has 1 aromatic rings. The number of imide groups is 1. The average Bonchev–Trinajstić information content (AvgIpc) is 3.63. The summed E-state index contributed by atoms with van der Waals surface area (Å²) in [5, 5.41) is 26.6. The van der Waals surface area contributed by atoms with E-state index in [1.165, 1.54) is 0 Å². The molecule has 2 heterocycles. The highest BCUT2D eigenvalue weighted by Gasteiger charge is 2.91. The lowest BCUT2D eigenvalue weighted by atomic mass is 9.42. The van der Waals surface area contributed by atoms with Gasteiger partial charge < -0.3 is 33.9 Å². The van der Waals surface area contributed by atoms with Gasteiger partial charge in [0.15, 0.2) is 0 Å². The molecular weight excluding hydrogens is 632 g/mol. The number of hydrogen-bond donors (Lipinski definition) is 2. The van der Waals surface area contributed by atoms with E-state index in [1.807, 2.05) is 0 Å². The number of hydrogen-bond acceptors (Lipinski definition) is 11. The van der Waals surface area contributed by atoms with Crippen LogP contribution in [0.4, 0.5) is 5.69 Å². The fourth-order valence-electron chi connectivity index (χ4n) is 13.2. The Morgan fingerprint density at radius 2 is 1.80 bits per heavy atom. The lowest BCUT2D eigenvalue weighted by Crippen LogP contribution is -2.82. The molecule has 7 aliphatic rings. The molecule has 1 spiro atoms. The van der Waals surface area contributed by atoms with Crippen molar-refractivity contribution in [1.82, 2.24) is 4.90 Å². The minimum atomic E-state index is -1.70. The molecule has 2 N–H and O–H groups in total. The Morgan fingerprint density at radius 1 is 1.04 bits per heavy atom. The number of esters is 1. The molecular formula is C37H50N2O10. The number of para-hydroxylation sites is 1. The van der Waals surface area contributed by atoms with Crippen molar-refractivity contribution in [2.45, 2.75) is 87.6 Å². The molecule has 14 atom stereocenters. The molecule has 2 amide bonds. The van der Waals surface area contributed by atoms with Gasteiger partial charge in [0, 0.05) is 82.3 Å². The second kappa shape index (κ2) is 11.3. The van der Waals surface area contributed by atoms with Crippen LogP contribution >= 0.6 is 0 Å². The minimum Gasteiger partial charge on any atom is -0.461 e. The molecule has 7 fully saturated rings. The fraction of sp³-hybridized carbons (Fsp3) is 0.757. The number of carbonyl (C=O) groups is 3. The van der Waals surface area contributed by atoms with Gasteiger partial charge in [-0.1, -0.05) is 26.0 Å². The van der Waals surface area contributed by atoms with Crippen LogP contribution in [0.1, 0.15) is 56.3 Å². The van der Waals surface area contributed by atoms with Crippen molar-refractivity contribution in [2.24, 2.45) is 40.4 Å². The molecule has 12 heteroatoms. The first-order chi connectivity index (χ1) is 23.4. The van der Waals surface area contributed by atoms with Crippen molar-refractivity contribution in [3.63, 3.8) is 0 Å². The molecule has 12 nitrogen and oxygen atoms in total. The van der Waals surface area contributed by atoms with E-state index in [-0.39, 0.29) is 84.5 Å². The SMILES string of the molecule is CCN1C[C@]2(COC(=O)c3ccccc3N3C(=O)CC(C)C3=O)CC[C@H](OC)[C@]34C5C[C@@H]6[C@@H](OC)C[C@@](O)(C5[C@H]6OC)C(O)(C13)[C@@H](OC)C24. The number of methoxy groups -OCH3 is 4. The fourth-order valence-corrected chi connectivity index (χ4v) is 13.2. The van der Waals surface area contributed by atoms with Crippen molar-refractivity contribution in [3.05, 3.63) is 29.8 Å². The number of nitrogens with zero attached hydrogens (tertiary/aromatic N) is 2. The number of fused-ring (bicyclic) bond motifs is 2. The number of likely N-dealkylation sites (N-methyl/N-ethyl adjacent to an activating group) is 1. The lowest BCUT2D eigenvalue weighted by molar-refractivity contribution is -0.320. The monoisotopic (exact) mass is 682 g/mol. The third kappa shape index (κ3) is 3.86. The molecule has 1 aromatic carbocycles. The molecule has 0 radical (unpaired) electrons. The van der Waals surface area contributed by atoms with Gasteiger partial charge in [-0.05, 0) is 43.9 Å². The highest BCUT2D eigenvalue weighted by atomic mass is 16.5. The van der Waals surface area contributed by atoms with E-state index in [0.717, 1.165) is 11.3 Å². The molecule has 49 heavy (non-hydrogen) atoms. The quantitative estimate of drug-likeness (QED) is 0.292. The van der Waals surface area contributed by atoms with Gasteiger partial charge in [0.1, 0.15) is 11.2 Å². The highest BCUT2D eigenvalue weighted by Crippen LogP contribution is 2.80. The number of rotatable bonds is 9. The van der Waals surface area contributed by atoms with Gasteiger partial charge in [-0.2, -0.15) is 0 Å². The smallest absolute Gasteiger partial charge is 0.340 e. The summed E-state index contributed by atoms with van der Waals surface area (Å²) in [6.45, 7) is 4.95. The maximum atomic E-state index is 14.1. The van der Waals surface area contributed by atoms with Crippen LogP contribution in [0, 0.1) is 40.4 Å². The Morgan fingerprint density at radius 3 is 2.43 bits per heavy atom.